The second-order valence-corrected chi connectivity index (χ2v) is 6.30. The number of carbonyl (C=O) groups excluding carboxylic acids is 2. The number of carbonyl (C=O) groups is 2. The van der Waals surface area contributed by atoms with Crippen LogP contribution in [0.15, 0.2) is 40.9 Å². The number of anilines is 1. The summed E-state index contributed by atoms with van der Waals surface area (Å²) < 4.78 is 23.3. The first-order chi connectivity index (χ1) is 11.8. The molecule has 0 saturated heterocycles. The number of benzene rings is 2. The molecule has 2 rings (SSSR count). The zero-order valence-electron chi connectivity index (χ0n) is 13.1. The Balaban J connectivity index is 1.77. The Hall–Kier alpha value is -2.12. The largest absolute Gasteiger partial charge is 0.481 e. The summed E-state index contributed by atoms with van der Waals surface area (Å²) in [6, 6.07) is 8.84. The highest BCUT2D eigenvalue weighted by Crippen LogP contribution is 2.25. The van der Waals surface area contributed by atoms with Crippen LogP contribution in [0.1, 0.15) is 5.56 Å². The van der Waals surface area contributed by atoms with E-state index in [0.29, 0.717) is 15.2 Å². The maximum atomic E-state index is 13.0. The van der Waals surface area contributed by atoms with Crippen molar-refractivity contribution in [2.24, 2.45) is 0 Å². The number of amides is 1. The van der Waals surface area contributed by atoms with Crippen molar-refractivity contribution >= 4 is 45.1 Å². The van der Waals surface area contributed by atoms with Crippen LogP contribution in [0.4, 0.5) is 10.1 Å². The third kappa shape index (κ3) is 6.03. The van der Waals surface area contributed by atoms with Crippen LogP contribution in [0, 0.1) is 12.7 Å². The second kappa shape index (κ2) is 8.82. The second-order valence-electron chi connectivity index (χ2n) is 5.04. The minimum Gasteiger partial charge on any atom is -0.481 e. The summed E-state index contributed by atoms with van der Waals surface area (Å²) in [5.41, 5.74) is 1.39. The number of aryl methyl sites for hydroxylation is 1. The summed E-state index contributed by atoms with van der Waals surface area (Å²) in [4.78, 5) is 23.4. The van der Waals surface area contributed by atoms with Gasteiger partial charge < -0.3 is 14.8 Å². The summed E-state index contributed by atoms with van der Waals surface area (Å²) in [5.74, 6) is -1.38. The Labute approximate surface area is 157 Å². The van der Waals surface area contributed by atoms with Crippen LogP contribution < -0.4 is 10.1 Å². The van der Waals surface area contributed by atoms with Crippen molar-refractivity contribution in [2.75, 3.05) is 18.5 Å². The summed E-state index contributed by atoms with van der Waals surface area (Å²) in [7, 11) is 0. The van der Waals surface area contributed by atoms with Crippen molar-refractivity contribution in [3.8, 4) is 5.75 Å². The van der Waals surface area contributed by atoms with Crippen molar-refractivity contribution in [3.63, 3.8) is 0 Å². The number of rotatable bonds is 6. The summed E-state index contributed by atoms with van der Waals surface area (Å²) in [5, 5.41) is 3.09. The standard InChI is InChI=1S/C17H14BrClFNO4/c1-10-2-4-12(7-14(10)19)21-16(22)8-25-17(23)9-24-15-5-3-11(20)6-13(15)18/h2-7H,8-9H2,1H3,(H,21,22). The summed E-state index contributed by atoms with van der Waals surface area (Å²) in [6.45, 7) is 0.974. The van der Waals surface area contributed by atoms with Gasteiger partial charge in [0.05, 0.1) is 4.47 Å². The van der Waals surface area contributed by atoms with Gasteiger partial charge in [0.25, 0.3) is 5.91 Å². The zero-order valence-corrected chi connectivity index (χ0v) is 15.5. The fraction of sp³-hybridized carbons (Fsp3) is 0.176. The van der Waals surface area contributed by atoms with Crippen molar-refractivity contribution in [1.29, 1.82) is 0 Å². The molecule has 0 saturated carbocycles. The van der Waals surface area contributed by atoms with E-state index >= 15 is 0 Å². The average molecular weight is 431 g/mol. The quantitative estimate of drug-likeness (QED) is 0.701. The van der Waals surface area contributed by atoms with Gasteiger partial charge >= 0.3 is 5.97 Å². The van der Waals surface area contributed by atoms with Crippen molar-refractivity contribution in [2.45, 2.75) is 6.92 Å². The van der Waals surface area contributed by atoms with E-state index < -0.39 is 30.9 Å². The SMILES string of the molecule is Cc1ccc(NC(=O)COC(=O)COc2ccc(F)cc2Br)cc1Cl. The Morgan fingerprint density at radius 1 is 1.20 bits per heavy atom. The van der Waals surface area contributed by atoms with Gasteiger partial charge in [-0.2, -0.15) is 0 Å². The van der Waals surface area contributed by atoms with E-state index in [1.807, 2.05) is 6.92 Å². The molecule has 0 heterocycles. The molecular weight excluding hydrogens is 417 g/mol. The van der Waals surface area contributed by atoms with Crippen LogP contribution in [0.2, 0.25) is 5.02 Å². The van der Waals surface area contributed by atoms with E-state index in [1.165, 1.54) is 18.2 Å². The van der Waals surface area contributed by atoms with Gasteiger partial charge in [0.1, 0.15) is 11.6 Å². The number of nitrogens with one attached hydrogen (secondary N) is 1. The molecule has 0 aliphatic carbocycles. The lowest BCUT2D eigenvalue weighted by atomic mass is 10.2. The van der Waals surface area contributed by atoms with Crippen molar-refractivity contribution in [1.82, 2.24) is 0 Å². The minimum atomic E-state index is -0.728. The predicted molar refractivity (Wildman–Crippen MR) is 95.4 cm³/mol. The molecule has 5 nitrogen and oxygen atoms in total. The molecule has 1 amide bonds. The lowest BCUT2D eigenvalue weighted by Crippen LogP contribution is -2.23. The number of halogens is 3. The van der Waals surface area contributed by atoms with Crippen LogP contribution in [0.25, 0.3) is 0 Å². The molecule has 0 fully saturated rings. The predicted octanol–water partition coefficient (Wildman–Crippen LogP) is 4.11. The van der Waals surface area contributed by atoms with E-state index in [1.54, 1.807) is 18.2 Å². The monoisotopic (exact) mass is 429 g/mol. The van der Waals surface area contributed by atoms with Gasteiger partial charge in [0.2, 0.25) is 0 Å². The van der Waals surface area contributed by atoms with Gasteiger partial charge in [-0.25, -0.2) is 9.18 Å². The Bertz CT molecular complexity index is 800. The third-order valence-electron chi connectivity index (χ3n) is 3.06. The molecule has 0 spiro atoms. The number of ether oxygens (including phenoxy) is 2. The van der Waals surface area contributed by atoms with Crippen LogP contribution in [-0.2, 0) is 14.3 Å². The normalized spacial score (nSPS) is 10.2. The van der Waals surface area contributed by atoms with E-state index in [2.05, 4.69) is 21.2 Å². The molecule has 0 unspecified atom stereocenters. The zero-order chi connectivity index (χ0) is 18.4. The van der Waals surface area contributed by atoms with Gasteiger partial charge in [-0.05, 0) is 58.7 Å². The number of hydrogen-bond acceptors (Lipinski definition) is 4. The molecule has 132 valence electrons. The molecule has 0 aliphatic heterocycles. The van der Waals surface area contributed by atoms with E-state index in [-0.39, 0.29) is 5.75 Å². The van der Waals surface area contributed by atoms with Crippen LogP contribution >= 0.6 is 27.5 Å². The molecule has 0 atom stereocenters. The summed E-state index contributed by atoms with van der Waals surface area (Å²) in [6.07, 6.45) is 0. The first-order valence-corrected chi connectivity index (χ1v) is 8.31. The fourth-order valence-electron chi connectivity index (χ4n) is 1.78. The van der Waals surface area contributed by atoms with Crippen LogP contribution in [0.5, 0.6) is 5.75 Å². The lowest BCUT2D eigenvalue weighted by molar-refractivity contribution is -0.149. The maximum absolute atomic E-state index is 13.0. The van der Waals surface area contributed by atoms with E-state index in [9.17, 15) is 14.0 Å². The van der Waals surface area contributed by atoms with Crippen molar-refractivity contribution < 1.29 is 23.5 Å². The molecule has 1 N–H and O–H groups in total. The average Bonchev–Trinajstić information content (AvgIpc) is 2.55. The summed E-state index contributed by atoms with van der Waals surface area (Å²) >= 11 is 9.08. The number of hydrogen-bond donors (Lipinski definition) is 1. The van der Waals surface area contributed by atoms with E-state index in [0.717, 1.165) is 5.56 Å². The first-order valence-electron chi connectivity index (χ1n) is 7.14. The highest BCUT2D eigenvalue weighted by Gasteiger charge is 2.11. The Kier molecular flexibility index (Phi) is 6.78. The smallest absolute Gasteiger partial charge is 0.344 e. The fourth-order valence-corrected chi connectivity index (χ4v) is 2.43. The van der Waals surface area contributed by atoms with Gasteiger partial charge in [0, 0.05) is 10.7 Å². The van der Waals surface area contributed by atoms with Gasteiger partial charge in [0.15, 0.2) is 13.2 Å². The maximum Gasteiger partial charge on any atom is 0.344 e. The van der Waals surface area contributed by atoms with Gasteiger partial charge in [-0.1, -0.05) is 17.7 Å². The molecule has 2 aromatic rings. The molecular formula is C17H14BrClFNO4. The highest BCUT2D eigenvalue weighted by atomic mass is 79.9. The van der Waals surface area contributed by atoms with Crippen LogP contribution in [0.3, 0.4) is 0 Å². The van der Waals surface area contributed by atoms with E-state index in [4.69, 9.17) is 21.1 Å². The molecule has 0 aliphatic rings. The topological polar surface area (TPSA) is 64.6 Å². The van der Waals surface area contributed by atoms with Crippen molar-refractivity contribution in [3.05, 3.63) is 57.3 Å². The molecule has 0 radical (unpaired) electrons. The Morgan fingerprint density at radius 3 is 2.64 bits per heavy atom. The van der Waals surface area contributed by atoms with Gasteiger partial charge in [-0.15, -0.1) is 0 Å². The first kappa shape index (κ1) is 19.2. The molecule has 25 heavy (non-hydrogen) atoms. The molecule has 2 aromatic carbocycles. The Morgan fingerprint density at radius 2 is 1.96 bits per heavy atom. The van der Waals surface area contributed by atoms with Gasteiger partial charge in [-0.3, -0.25) is 4.79 Å². The third-order valence-corrected chi connectivity index (χ3v) is 4.09. The minimum absolute atomic E-state index is 0.289. The molecule has 0 bridgehead atoms. The molecule has 8 heteroatoms. The molecule has 0 aromatic heterocycles. The van der Waals surface area contributed by atoms with Crippen LogP contribution in [-0.4, -0.2) is 25.1 Å². The number of esters is 1. The highest BCUT2D eigenvalue weighted by molar-refractivity contribution is 9.10. The lowest BCUT2D eigenvalue weighted by Gasteiger charge is -2.09.